The van der Waals surface area contributed by atoms with Crippen LogP contribution in [-0.2, 0) is 4.74 Å². The van der Waals surface area contributed by atoms with Crippen molar-refractivity contribution in [2.45, 2.75) is 13.8 Å². The number of benzene rings is 1. The number of carbonyl (C=O) groups excluding carboxylic acids is 1. The lowest BCUT2D eigenvalue weighted by Gasteiger charge is -2.26. The summed E-state index contributed by atoms with van der Waals surface area (Å²) in [6.45, 7) is 9.29. The van der Waals surface area contributed by atoms with Crippen molar-refractivity contribution in [2.24, 2.45) is 0 Å². The van der Waals surface area contributed by atoms with E-state index in [-0.39, 0.29) is 5.91 Å². The standard InChI is InChI=1S/C20H26N4O2/c1-15-4-3-5-18(16(15)2)23-20(25)17-6-7-21-19(14-17)22-8-9-24-10-12-26-13-11-24/h3-7,14H,8-13H2,1-2H3,(H,21,22)(H,23,25). The number of aryl methyl sites for hydroxylation is 1. The van der Waals surface area contributed by atoms with Gasteiger partial charge in [-0.1, -0.05) is 12.1 Å². The molecule has 138 valence electrons. The lowest BCUT2D eigenvalue weighted by atomic mass is 10.1. The average molecular weight is 354 g/mol. The quantitative estimate of drug-likeness (QED) is 0.835. The van der Waals surface area contributed by atoms with Gasteiger partial charge in [0.05, 0.1) is 13.2 Å². The van der Waals surface area contributed by atoms with Gasteiger partial charge in [0.15, 0.2) is 0 Å². The molecule has 0 spiro atoms. The van der Waals surface area contributed by atoms with Crippen LogP contribution in [0.4, 0.5) is 11.5 Å². The summed E-state index contributed by atoms with van der Waals surface area (Å²) in [4.78, 5) is 19.2. The van der Waals surface area contributed by atoms with Crippen LogP contribution in [0.3, 0.4) is 0 Å². The molecule has 0 atom stereocenters. The molecule has 2 N–H and O–H groups in total. The van der Waals surface area contributed by atoms with Gasteiger partial charge in [-0.3, -0.25) is 9.69 Å². The van der Waals surface area contributed by atoms with Gasteiger partial charge in [0.25, 0.3) is 5.91 Å². The van der Waals surface area contributed by atoms with E-state index in [9.17, 15) is 4.79 Å². The number of carbonyl (C=O) groups is 1. The zero-order valence-electron chi connectivity index (χ0n) is 15.4. The summed E-state index contributed by atoms with van der Waals surface area (Å²) >= 11 is 0. The highest BCUT2D eigenvalue weighted by Gasteiger charge is 2.11. The van der Waals surface area contributed by atoms with Gasteiger partial charge in [-0.05, 0) is 43.2 Å². The van der Waals surface area contributed by atoms with Gasteiger partial charge in [-0.2, -0.15) is 0 Å². The number of ether oxygens (including phenoxy) is 1. The molecular formula is C20H26N4O2. The molecule has 1 aromatic heterocycles. The van der Waals surface area contributed by atoms with Gasteiger partial charge in [-0.25, -0.2) is 4.98 Å². The summed E-state index contributed by atoms with van der Waals surface area (Å²) in [6.07, 6.45) is 1.66. The number of rotatable bonds is 6. The fourth-order valence-electron chi connectivity index (χ4n) is 2.92. The Kier molecular flexibility index (Phi) is 6.20. The predicted molar refractivity (Wildman–Crippen MR) is 104 cm³/mol. The second-order valence-corrected chi connectivity index (χ2v) is 6.51. The molecule has 6 nitrogen and oxygen atoms in total. The number of hydrogen-bond acceptors (Lipinski definition) is 5. The Morgan fingerprint density at radius 2 is 2.04 bits per heavy atom. The van der Waals surface area contributed by atoms with Crippen LogP contribution in [0.15, 0.2) is 36.5 Å². The lowest BCUT2D eigenvalue weighted by Crippen LogP contribution is -2.39. The average Bonchev–Trinajstić information content (AvgIpc) is 2.66. The van der Waals surface area contributed by atoms with E-state index in [1.807, 2.05) is 32.0 Å². The summed E-state index contributed by atoms with van der Waals surface area (Å²) in [6, 6.07) is 9.42. The number of aromatic nitrogens is 1. The van der Waals surface area contributed by atoms with E-state index >= 15 is 0 Å². The molecule has 0 aliphatic carbocycles. The van der Waals surface area contributed by atoms with Crippen molar-refractivity contribution >= 4 is 17.4 Å². The second kappa shape index (κ2) is 8.78. The Hall–Kier alpha value is -2.44. The van der Waals surface area contributed by atoms with Crippen molar-refractivity contribution in [1.82, 2.24) is 9.88 Å². The van der Waals surface area contributed by atoms with Crippen molar-refractivity contribution in [3.63, 3.8) is 0 Å². The number of pyridine rings is 1. The van der Waals surface area contributed by atoms with Crippen LogP contribution in [0.5, 0.6) is 0 Å². The highest BCUT2D eigenvalue weighted by atomic mass is 16.5. The normalized spacial score (nSPS) is 14.8. The minimum atomic E-state index is -0.127. The molecule has 0 bridgehead atoms. The number of anilines is 2. The van der Waals surface area contributed by atoms with Crippen LogP contribution in [-0.4, -0.2) is 55.2 Å². The number of nitrogens with one attached hydrogen (secondary N) is 2. The summed E-state index contributed by atoms with van der Waals surface area (Å²) in [7, 11) is 0. The van der Waals surface area contributed by atoms with E-state index in [1.54, 1.807) is 18.3 Å². The second-order valence-electron chi connectivity index (χ2n) is 6.51. The molecule has 1 aliphatic heterocycles. The van der Waals surface area contributed by atoms with Gasteiger partial charge in [-0.15, -0.1) is 0 Å². The molecular weight excluding hydrogens is 328 g/mol. The van der Waals surface area contributed by atoms with Crippen LogP contribution in [0.1, 0.15) is 21.5 Å². The number of nitrogens with zero attached hydrogens (tertiary/aromatic N) is 2. The van der Waals surface area contributed by atoms with Gasteiger partial charge in [0.1, 0.15) is 5.82 Å². The Morgan fingerprint density at radius 1 is 1.23 bits per heavy atom. The molecule has 0 radical (unpaired) electrons. The first-order valence-electron chi connectivity index (χ1n) is 9.01. The predicted octanol–water partition coefficient (Wildman–Crippen LogP) is 2.69. The molecule has 3 rings (SSSR count). The zero-order chi connectivity index (χ0) is 18.4. The third-order valence-electron chi connectivity index (χ3n) is 4.71. The summed E-state index contributed by atoms with van der Waals surface area (Å²) in [5.41, 5.74) is 3.67. The van der Waals surface area contributed by atoms with E-state index in [0.29, 0.717) is 11.4 Å². The maximum absolute atomic E-state index is 12.6. The highest BCUT2D eigenvalue weighted by molar-refractivity contribution is 6.05. The van der Waals surface area contributed by atoms with Gasteiger partial charge in [0.2, 0.25) is 0 Å². The summed E-state index contributed by atoms with van der Waals surface area (Å²) < 4.78 is 5.35. The third-order valence-corrected chi connectivity index (χ3v) is 4.71. The minimum absolute atomic E-state index is 0.127. The van der Waals surface area contributed by atoms with E-state index in [2.05, 4.69) is 20.5 Å². The van der Waals surface area contributed by atoms with Gasteiger partial charge >= 0.3 is 0 Å². The molecule has 1 aromatic carbocycles. The molecule has 0 saturated carbocycles. The highest BCUT2D eigenvalue weighted by Crippen LogP contribution is 2.19. The number of morpholine rings is 1. The monoisotopic (exact) mass is 354 g/mol. The molecule has 2 aromatic rings. The minimum Gasteiger partial charge on any atom is -0.379 e. The van der Waals surface area contributed by atoms with E-state index in [1.165, 1.54) is 0 Å². The molecule has 6 heteroatoms. The molecule has 2 heterocycles. The van der Waals surface area contributed by atoms with Crippen LogP contribution >= 0.6 is 0 Å². The Balaban J connectivity index is 1.57. The Morgan fingerprint density at radius 3 is 2.85 bits per heavy atom. The third kappa shape index (κ3) is 4.80. The maximum Gasteiger partial charge on any atom is 0.255 e. The van der Waals surface area contributed by atoms with Crippen LogP contribution in [0, 0.1) is 13.8 Å². The van der Waals surface area contributed by atoms with Crippen LogP contribution in [0.2, 0.25) is 0 Å². The first-order chi connectivity index (χ1) is 12.6. The van der Waals surface area contributed by atoms with Crippen LogP contribution < -0.4 is 10.6 Å². The van der Waals surface area contributed by atoms with E-state index in [4.69, 9.17) is 4.74 Å². The molecule has 0 unspecified atom stereocenters. The number of amides is 1. The fraction of sp³-hybridized carbons (Fsp3) is 0.400. The van der Waals surface area contributed by atoms with Gasteiger partial charge in [0, 0.05) is 43.6 Å². The van der Waals surface area contributed by atoms with Crippen molar-refractivity contribution in [3.05, 3.63) is 53.2 Å². The maximum atomic E-state index is 12.6. The lowest BCUT2D eigenvalue weighted by molar-refractivity contribution is 0.0398. The van der Waals surface area contributed by atoms with Gasteiger partial charge < -0.3 is 15.4 Å². The van der Waals surface area contributed by atoms with Crippen molar-refractivity contribution < 1.29 is 9.53 Å². The molecule has 1 saturated heterocycles. The molecule has 26 heavy (non-hydrogen) atoms. The van der Waals surface area contributed by atoms with Crippen LogP contribution in [0.25, 0.3) is 0 Å². The Bertz CT molecular complexity index is 757. The first-order valence-corrected chi connectivity index (χ1v) is 9.01. The summed E-state index contributed by atoms with van der Waals surface area (Å²) in [5, 5.41) is 6.28. The smallest absolute Gasteiger partial charge is 0.255 e. The molecule has 1 fully saturated rings. The number of hydrogen-bond donors (Lipinski definition) is 2. The van der Waals surface area contributed by atoms with Crippen molar-refractivity contribution in [2.75, 3.05) is 50.0 Å². The van der Waals surface area contributed by atoms with E-state index in [0.717, 1.165) is 56.2 Å². The zero-order valence-corrected chi connectivity index (χ0v) is 15.4. The summed E-state index contributed by atoms with van der Waals surface area (Å²) in [5.74, 6) is 0.587. The molecule has 1 aliphatic rings. The largest absolute Gasteiger partial charge is 0.379 e. The van der Waals surface area contributed by atoms with E-state index < -0.39 is 0 Å². The fourth-order valence-corrected chi connectivity index (χ4v) is 2.92. The SMILES string of the molecule is Cc1cccc(NC(=O)c2ccnc(NCCN3CCOCC3)c2)c1C. The van der Waals surface area contributed by atoms with Crippen molar-refractivity contribution in [1.29, 1.82) is 0 Å². The van der Waals surface area contributed by atoms with Crippen molar-refractivity contribution in [3.8, 4) is 0 Å². The molecule has 1 amide bonds. The first kappa shape index (κ1) is 18.4. The topological polar surface area (TPSA) is 66.5 Å². The Labute approximate surface area is 154 Å².